The van der Waals surface area contributed by atoms with Gasteiger partial charge in [0.2, 0.25) is 0 Å². The molecule has 0 fully saturated rings. The van der Waals surface area contributed by atoms with Gasteiger partial charge in [0, 0.05) is 30.7 Å². The monoisotopic (exact) mass is 375 g/mol. The Morgan fingerprint density at radius 1 is 1.00 bits per heavy atom. The maximum absolute atomic E-state index is 12.9. The van der Waals surface area contributed by atoms with Crippen molar-refractivity contribution in [3.05, 3.63) is 89.7 Å². The molecule has 146 valence electrons. The summed E-state index contributed by atoms with van der Waals surface area (Å²) >= 11 is 0. The number of aromatic nitrogens is 1. The first kappa shape index (κ1) is 19.7. The summed E-state index contributed by atoms with van der Waals surface area (Å²) in [6.45, 7) is 6.33. The second kappa shape index (κ2) is 9.79. The maximum Gasteiger partial charge on any atom is 0.322 e. The number of benzene rings is 2. The van der Waals surface area contributed by atoms with Crippen LogP contribution < -0.4 is 5.32 Å². The average molecular weight is 376 g/mol. The highest BCUT2D eigenvalue weighted by atomic mass is 16.2. The number of urea groups is 1. The number of anilines is 1. The molecule has 0 spiro atoms. The largest absolute Gasteiger partial charge is 0.345 e. The molecular weight excluding hydrogens is 346 g/mol. The predicted molar refractivity (Wildman–Crippen MR) is 115 cm³/mol. The van der Waals surface area contributed by atoms with E-state index in [2.05, 4.69) is 53.3 Å². The molecule has 0 aliphatic carbocycles. The van der Waals surface area contributed by atoms with Gasteiger partial charge in [0.25, 0.3) is 0 Å². The summed E-state index contributed by atoms with van der Waals surface area (Å²) < 4.78 is 2.22. The molecule has 0 saturated carbocycles. The highest BCUT2D eigenvalue weighted by Gasteiger charge is 2.15. The summed E-state index contributed by atoms with van der Waals surface area (Å²) in [6, 6.07) is 22.4. The molecule has 0 bridgehead atoms. The fourth-order valence-electron chi connectivity index (χ4n) is 3.16. The normalized spacial score (nSPS) is 10.6. The van der Waals surface area contributed by atoms with E-state index in [1.165, 1.54) is 11.1 Å². The van der Waals surface area contributed by atoms with E-state index in [9.17, 15) is 4.79 Å². The molecule has 1 heterocycles. The minimum atomic E-state index is -0.0511. The molecule has 0 aliphatic heterocycles. The van der Waals surface area contributed by atoms with E-state index in [4.69, 9.17) is 0 Å². The molecule has 2 amide bonds. The molecule has 4 heteroatoms. The Balaban J connectivity index is 1.71. The Kier molecular flexibility index (Phi) is 6.90. The zero-order valence-corrected chi connectivity index (χ0v) is 16.8. The molecule has 3 aromatic rings. The topological polar surface area (TPSA) is 37.3 Å². The lowest BCUT2D eigenvalue weighted by Gasteiger charge is -2.24. The highest BCUT2D eigenvalue weighted by molar-refractivity contribution is 5.89. The van der Waals surface area contributed by atoms with Crippen LogP contribution >= 0.6 is 0 Å². The second-order valence-corrected chi connectivity index (χ2v) is 7.18. The van der Waals surface area contributed by atoms with Gasteiger partial charge in [-0.25, -0.2) is 4.79 Å². The van der Waals surface area contributed by atoms with Gasteiger partial charge in [-0.3, -0.25) is 0 Å². The number of nitrogens with zero attached hydrogens (tertiary/aromatic N) is 2. The molecule has 0 saturated heterocycles. The number of amides is 2. The number of hydrogen-bond donors (Lipinski definition) is 1. The third-order valence-electron chi connectivity index (χ3n) is 4.84. The van der Waals surface area contributed by atoms with Gasteiger partial charge < -0.3 is 14.8 Å². The van der Waals surface area contributed by atoms with Crippen LogP contribution in [-0.4, -0.2) is 22.0 Å². The van der Waals surface area contributed by atoms with Crippen molar-refractivity contribution in [2.45, 2.75) is 39.8 Å². The van der Waals surface area contributed by atoms with Crippen molar-refractivity contribution in [2.24, 2.45) is 0 Å². The molecule has 1 N–H and O–H groups in total. The first-order chi connectivity index (χ1) is 13.7. The molecule has 2 aromatic carbocycles. The molecule has 28 heavy (non-hydrogen) atoms. The van der Waals surface area contributed by atoms with E-state index >= 15 is 0 Å². The Morgan fingerprint density at radius 2 is 1.75 bits per heavy atom. The van der Waals surface area contributed by atoms with Gasteiger partial charge in [-0.2, -0.15) is 0 Å². The smallest absolute Gasteiger partial charge is 0.322 e. The van der Waals surface area contributed by atoms with Crippen LogP contribution in [0.15, 0.2) is 72.9 Å². The first-order valence-corrected chi connectivity index (χ1v) is 9.96. The molecule has 0 atom stereocenters. The molecule has 1 aromatic heterocycles. The lowest BCUT2D eigenvalue weighted by Crippen LogP contribution is -2.36. The highest BCUT2D eigenvalue weighted by Crippen LogP contribution is 2.14. The van der Waals surface area contributed by atoms with Crippen molar-refractivity contribution in [1.29, 1.82) is 0 Å². The molecule has 0 unspecified atom stereocenters. The zero-order valence-electron chi connectivity index (χ0n) is 16.8. The minimum Gasteiger partial charge on any atom is -0.345 e. The van der Waals surface area contributed by atoms with E-state index < -0.39 is 0 Å². The van der Waals surface area contributed by atoms with E-state index in [0.717, 1.165) is 37.3 Å². The summed E-state index contributed by atoms with van der Waals surface area (Å²) in [5, 5.41) is 3.04. The van der Waals surface area contributed by atoms with E-state index in [1.54, 1.807) is 0 Å². The summed E-state index contributed by atoms with van der Waals surface area (Å²) in [5.74, 6) is 0. The third-order valence-corrected chi connectivity index (χ3v) is 4.84. The SMILES string of the molecule is CCCCN(Cc1cccn1Cc1ccccc1)C(=O)Nc1ccc(C)cc1. The number of carbonyl (C=O) groups excluding carboxylic acids is 1. The molecule has 3 rings (SSSR count). The van der Waals surface area contributed by atoms with E-state index in [0.29, 0.717) is 6.54 Å². The lowest BCUT2D eigenvalue weighted by molar-refractivity contribution is 0.207. The van der Waals surface area contributed by atoms with E-state index in [1.807, 2.05) is 48.2 Å². The van der Waals surface area contributed by atoms with Gasteiger partial charge in [0.05, 0.1) is 6.54 Å². The molecule has 0 radical (unpaired) electrons. The Morgan fingerprint density at radius 3 is 2.46 bits per heavy atom. The van der Waals surface area contributed by atoms with Crippen molar-refractivity contribution >= 4 is 11.7 Å². The van der Waals surface area contributed by atoms with Crippen LogP contribution in [0, 0.1) is 6.92 Å². The minimum absolute atomic E-state index is 0.0511. The van der Waals surface area contributed by atoms with Crippen molar-refractivity contribution in [3.63, 3.8) is 0 Å². The number of nitrogens with one attached hydrogen (secondary N) is 1. The summed E-state index contributed by atoms with van der Waals surface area (Å²) in [6.07, 6.45) is 4.12. The van der Waals surface area contributed by atoms with E-state index in [-0.39, 0.29) is 6.03 Å². The van der Waals surface area contributed by atoms with Crippen molar-refractivity contribution in [3.8, 4) is 0 Å². The Hall–Kier alpha value is -3.01. The van der Waals surface area contributed by atoms with Crippen LogP contribution in [0.1, 0.15) is 36.6 Å². The Labute approximate surface area is 167 Å². The summed E-state index contributed by atoms with van der Waals surface area (Å²) in [4.78, 5) is 14.8. The van der Waals surface area contributed by atoms with Crippen LogP contribution in [-0.2, 0) is 13.1 Å². The van der Waals surface area contributed by atoms with Gasteiger partial charge in [0.15, 0.2) is 0 Å². The number of aryl methyl sites for hydroxylation is 1. The third kappa shape index (κ3) is 5.49. The predicted octanol–water partition coefficient (Wildman–Crippen LogP) is 5.68. The average Bonchev–Trinajstić information content (AvgIpc) is 3.14. The lowest BCUT2D eigenvalue weighted by atomic mass is 10.2. The first-order valence-electron chi connectivity index (χ1n) is 9.96. The van der Waals surface area contributed by atoms with Gasteiger partial charge in [0.1, 0.15) is 0 Å². The van der Waals surface area contributed by atoms with Crippen LogP contribution in [0.5, 0.6) is 0 Å². The van der Waals surface area contributed by atoms with Crippen molar-refractivity contribution in [1.82, 2.24) is 9.47 Å². The number of unbranched alkanes of at least 4 members (excludes halogenated alkanes) is 1. The van der Waals surface area contributed by atoms with Gasteiger partial charge in [-0.1, -0.05) is 61.4 Å². The molecule has 4 nitrogen and oxygen atoms in total. The number of carbonyl (C=O) groups is 1. The maximum atomic E-state index is 12.9. The van der Waals surface area contributed by atoms with Crippen LogP contribution in [0.2, 0.25) is 0 Å². The number of rotatable bonds is 8. The van der Waals surface area contributed by atoms with Crippen molar-refractivity contribution < 1.29 is 4.79 Å². The summed E-state index contributed by atoms with van der Waals surface area (Å²) in [7, 11) is 0. The van der Waals surface area contributed by atoms with Crippen LogP contribution in [0.25, 0.3) is 0 Å². The standard InChI is InChI=1S/C24H29N3O/c1-3-4-16-27(24(28)25-22-14-12-20(2)13-15-22)19-23-11-8-17-26(23)18-21-9-6-5-7-10-21/h5-15,17H,3-4,16,18-19H2,1-2H3,(H,25,28). The van der Waals surface area contributed by atoms with Crippen LogP contribution in [0.3, 0.4) is 0 Å². The van der Waals surface area contributed by atoms with Gasteiger partial charge in [-0.05, 0) is 43.2 Å². The quantitative estimate of drug-likeness (QED) is 0.540. The van der Waals surface area contributed by atoms with Gasteiger partial charge in [-0.15, -0.1) is 0 Å². The fraction of sp³-hybridized carbons (Fsp3) is 0.292. The number of hydrogen-bond acceptors (Lipinski definition) is 1. The second-order valence-electron chi connectivity index (χ2n) is 7.18. The zero-order chi connectivity index (χ0) is 19.8. The molecular formula is C24H29N3O. The van der Waals surface area contributed by atoms with Crippen LogP contribution in [0.4, 0.5) is 10.5 Å². The van der Waals surface area contributed by atoms with Gasteiger partial charge >= 0.3 is 6.03 Å². The van der Waals surface area contributed by atoms with Crippen molar-refractivity contribution in [2.75, 3.05) is 11.9 Å². The molecule has 0 aliphatic rings. The fourth-order valence-corrected chi connectivity index (χ4v) is 3.16. The summed E-state index contributed by atoms with van der Waals surface area (Å²) in [5.41, 5.74) is 4.40. The Bertz CT molecular complexity index is 868.